The van der Waals surface area contributed by atoms with Gasteiger partial charge in [0.25, 0.3) is 5.91 Å². The predicted octanol–water partition coefficient (Wildman–Crippen LogP) is 3.53. The maximum absolute atomic E-state index is 13.2. The van der Waals surface area contributed by atoms with Crippen LogP contribution in [-0.4, -0.2) is 91.9 Å². The van der Waals surface area contributed by atoms with Crippen molar-refractivity contribution in [3.05, 3.63) is 11.6 Å². The van der Waals surface area contributed by atoms with Gasteiger partial charge in [-0.05, 0) is 52.4 Å². The van der Waals surface area contributed by atoms with Crippen LogP contribution in [0.5, 0.6) is 0 Å². The van der Waals surface area contributed by atoms with Crippen LogP contribution < -0.4 is 5.32 Å². The fraction of sp³-hybridized carbons (Fsp3) is 0.852. The lowest BCUT2D eigenvalue weighted by atomic mass is 9.68. The minimum atomic E-state index is -0.692. The molecule has 7 atom stereocenters. The second kappa shape index (κ2) is 11.4. The van der Waals surface area contributed by atoms with Gasteiger partial charge in [-0.3, -0.25) is 9.80 Å². The number of hydrazine groups is 1. The highest BCUT2D eigenvalue weighted by Gasteiger charge is 2.72. The van der Waals surface area contributed by atoms with Crippen LogP contribution in [0, 0.1) is 11.8 Å². The fourth-order valence-electron chi connectivity index (χ4n) is 5.76. The van der Waals surface area contributed by atoms with E-state index in [0.29, 0.717) is 19.6 Å². The molecule has 0 bridgehead atoms. The van der Waals surface area contributed by atoms with E-state index in [1.54, 1.807) is 17.1 Å². The first-order valence-corrected chi connectivity index (χ1v) is 13.3. The van der Waals surface area contributed by atoms with Gasteiger partial charge in [0.1, 0.15) is 29.5 Å². The Morgan fingerprint density at radius 2 is 1.92 bits per heavy atom. The second-order valence-electron chi connectivity index (χ2n) is 11.5. The van der Waals surface area contributed by atoms with Crippen molar-refractivity contribution in [1.29, 1.82) is 0 Å². The van der Waals surface area contributed by atoms with Crippen molar-refractivity contribution in [1.82, 2.24) is 15.3 Å². The zero-order valence-corrected chi connectivity index (χ0v) is 23.6. The van der Waals surface area contributed by atoms with Gasteiger partial charge in [-0.25, -0.2) is 9.80 Å². The van der Waals surface area contributed by atoms with Crippen molar-refractivity contribution in [3.63, 3.8) is 0 Å². The summed E-state index contributed by atoms with van der Waals surface area (Å²) in [6, 6.07) is -0.692. The molecule has 2 heterocycles. The number of nitrogens with one attached hydrogen (secondary N) is 1. The molecule has 0 radical (unpaired) electrons. The van der Waals surface area contributed by atoms with Crippen molar-refractivity contribution < 1.29 is 28.5 Å². The number of hydrogen-bond acceptors (Lipinski definition) is 7. The van der Waals surface area contributed by atoms with Gasteiger partial charge in [0.05, 0.1) is 18.6 Å². The Morgan fingerprint density at radius 3 is 2.42 bits per heavy atom. The zero-order chi connectivity index (χ0) is 26.8. The molecule has 1 saturated carbocycles. The molecular formula is C27H47N3O6. The van der Waals surface area contributed by atoms with Crippen LogP contribution in [0.1, 0.15) is 67.2 Å². The smallest absolute Gasteiger partial charge is 0.408 e. The van der Waals surface area contributed by atoms with Gasteiger partial charge in [-0.15, -0.1) is 0 Å². The maximum Gasteiger partial charge on any atom is 0.408 e. The molecule has 1 aliphatic carbocycles. The van der Waals surface area contributed by atoms with Crippen LogP contribution in [0.3, 0.4) is 0 Å². The molecule has 0 aromatic carbocycles. The fourth-order valence-corrected chi connectivity index (χ4v) is 5.76. The van der Waals surface area contributed by atoms with Crippen molar-refractivity contribution in [2.45, 2.75) is 103 Å². The number of amides is 2. The molecule has 2 saturated heterocycles. The number of carbonyl (C=O) groups excluding carboxylic acids is 2. The van der Waals surface area contributed by atoms with Crippen molar-refractivity contribution in [2.24, 2.45) is 11.8 Å². The van der Waals surface area contributed by atoms with E-state index in [4.69, 9.17) is 18.9 Å². The normalized spacial score (nSPS) is 33.9. The summed E-state index contributed by atoms with van der Waals surface area (Å²) in [4.78, 5) is 26.3. The summed E-state index contributed by atoms with van der Waals surface area (Å²) in [7, 11) is 5.32. The monoisotopic (exact) mass is 509 g/mol. The summed E-state index contributed by atoms with van der Waals surface area (Å²) in [5.74, 6) is -0.294. The first-order valence-electron chi connectivity index (χ1n) is 13.3. The molecule has 2 aliphatic heterocycles. The number of epoxide rings is 2. The summed E-state index contributed by atoms with van der Waals surface area (Å²) < 4.78 is 24.2. The van der Waals surface area contributed by atoms with E-state index in [-0.39, 0.29) is 35.6 Å². The maximum atomic E-state index is 13.2. The molecule has 0 aromatic heterocycles. The van der Waals surface area contributed by atoms with Gasteiger partial charge in [-0.2, -0.15) is 0 Å². The number of rotatable bonds is 11. The van der Waals surface area contributed by atoms with Gasteiger partial charge in [0.2, 0.25) is 0 Å². The van der Waals surface area contributed by atoms with Crippen LogP contribution in [0.2, 0.25) is 0 Å². The molecule has 3 aliphatic rings. The van der Waals surface area contributed by atoms with Crippen LogP contribution in [-0.2, 0) is 23.7 Å². The highest BCUT2D eigenvalue weighted by atomic mass is 16.6. The standard InChI is InChI=1S/C27H47N3O6/c1-10-15-30(29(7)8)24(31)21(18(4)5)28-25(32)35-19-13-14-27(16-34-27)23(22(19)33-9)26(6)20(36-26)12-11-17(2)3/h11,18-23H,10,12-16H2,1-9H3,(H,28,32). The molecule has 2 amide bonds. The largest absolute Gasteiger partial charge is 0.443 e. The molecule has 0 aromatic rings. The number of alkyl carbamates (subject to hydrolysis) is 1. The van der Waals surface area contributed by atoms with E-state index >= 15 is 0 Å². The van der Waals surface area contributed by atoms with Gasteiger partial charge < -0.3 is 24.3 Å². The van der Waals surface area contributed by atoms with E-state index in [2.05, 4.69) is 32.2 Å². The lowest BCUT2D eigenvalue weighted by Gasteiger charge is -2.42. The molecule has 1 spiro atoms. The Balaban J connectivity index is 1.71. The summed E-state index contributed by atoms with van der Waals surface area (Å²) in [6.07, 6.45) is 3.94. The molecule has 3 rings (SSSR count). The molecule has 206 valence electrons. The lowest BCUT2D eigenvalue weighted by molar-refractivity contribution is -0.148. The summed E-state index contributed by atoms with van der Waals surface area (Å²) >= 11 is 0. The number of nitrogens with zero attached hydrogens (tertiary/aromatic N) is 2. The number of methoxy groups -OCH3 is 1. The highest BCUT2D eigenvalue weighted by Crippen LogP contribution is 2.59. The van der Waals surface area contributed by atoms with E-state index in [1.807, 2.05) is 34.9 Å². The number of hydrogen-bond donors (Lipinski definition) is 1. The third kappa shape index (κ3) is 6.06. The number of carbonyl (C=O) groups is 2. The molecule has 7 unspecified atom stereocenters. The SMILES string of the molecule is CCCN(C(=O)C(NC(=O)OC1CCC2(CO2)C(C2(C)OC2CC=C(C)C)C1OC)C(C)C)N(C)C. The Bertz CT molecular complexity index is 822. The van der Waals surface area contributed by atoms with E-state index < -0.39 is 23.8 Å². The Hall–Kier alpha value is -1.68. The molecule has 1 N–H and O–H groups in total. The second-order valence-corrected chi connectivity index (χ2v) is 11.5. The minimum absolute atomic E-state index is 0.0478. The first-order chi connectivity index (χ1) is 16.9. The van der Waals surface area contributed by atoms with Gasteiger partial charge in [0.15, 0.2) is 0 Å². The number of ether oxygens (including phenoxy) is 4. The minimum Gasteiger partial charge on any atom is -0.443 e. The van der Waals surface area contributed by atoms with Gasteiger partial charge in [-0.1, -0.05) is 32.4 Å². The van der Waals surface area contributed by atoms with Crippen molar-refractivity contribution >= 4 is 12.0 Å². The predicted molar refractivity (Wildman–Crippen MR) is 137 cm³/mol. The van der Waals surface area contributed by atoms with Gasteiger partial charge >= 0.3 is 6.09 Å². The molecule has 3 fully saturated rings. The summed E-state index contributed by atoms with van der Waals surface area (Å²) in [5.41, 5.74) is 0.578. The average Bonchev–Trinajstić information content (AvgIpc) is 3.71. The third-order valence-corrected chi connectivity index (χ3v) is 7.87. The lowest BCUT2D eigenvalue weighted by Crippen LogP contribution is -2.58. The van der Waals surface area contributed by atoms with E-state index in [0.717, 1.165) is 19.3 Å². The Kier molecular flexibility index (Phi) is 9.13. The van der Waals surface area contributed by atoms with Crippen molar-refractivity contribution in [3.8, 4) is 0 Å². The van der Waals surface area contributed by atoms with Gasteiger partial charge in [0, 0.05) is 27.7 Å². The highest BCUT2D eigenvalue weighted by molar-refractivity contribution is 5.85. The number of allylic oxidation sites excluding steroid dienone is 1. The van der Waals surface area contributed by atoms with Crippen LogP contribution >= 0.6 is 0 Å². The van der Waals surface area contributed by atoms with E-state index in [9.17, 15) is 9.59 Å². The Morgan fingerprint density at radius 1 is 1.25 bits per heavy atom. The van der Waals surface area contributed by atoms with Crippen LogP contribution in [0.15, 0.2) is 11.6 Å². The molecular weight excluding hydrogens is 462 g/mol. The topological polar surface area (TPSA) is 96.2 Å². The average molecular weight is 510 g/mol. The molecule has 9 nitrogen and oxygen atoms in total. The zero-order valence-electron chi connectivity index (χ0n) is 23.6. The first kappa shape index (κ1) is 28.9. The van der Waals surface area contributed by atoms with Crippen LogP contribution in [0.25, 0.3) is 0 Å². The summed E-state index contributed by atoms with van der Waals surface area (Å²) in [6.45, 7) is 13.4. The molecule has 36 heavy (non-hydrogen) atoms. The van der Waals surface area contributed by atoms with Crippen molar-refractivity contribution in [2.75, 3.05) is 34.4 Å². The molecule has 9 heteroatoms. The van der Waals surface area contributed by atoms with Crippen LogP contribution in [0.4, 0.5) is 4.79 Å². The Labute approximate surface area is 216 Å². The van der Waals surface area contributed by atoms with E-state index in [1.165, 1.54) is 5.57 Å². The quantitative estimate of drug-likeness (QED) is 0.259. The third-order valence-electron chi connectivity index (χ3n) is 7.87. The summed E-state index contributed by atoms with van der Waals surface area (Å²) in [5, 5.41) is 6.26.